The highest BCUT2D eigenvalue weighted by Gasteiger charge is 2.21. The van der Waals surface area contributed by atoms with Gasteiger partial charge in [-0.15, -0.1) is 11.3 Å². The summed E-state index contributed by atoms with van der Waals surface area (Å²) in [6, 6.07) is 8.84. The Hall–Kier alpha value is -1.19. The largest absolute Gasteiger partial charge is 0.316 e. The Morgan fingerprint density at radius 3 is 2.74 bits per heavy atom. The Bertz CT molecular complexity index is 551. The van der Waals surface area contributed by atoms with Gasteiger partial charge in [0.25, 0.3) is 0 Å². The van der Waals surface area contributed by atoms with Crippen molar-refractivity contribution in [3.8, 4) is 11.3 Å². The molecular formula is C16H20N2S. The molecule has 0 bridgehead atoms. The maximum atomic E-state index is 4.90. The average molecular weight is 272 g/mol. The molecular weight excluding hydrogens is 252 g/mol. The predicted octanol–water partition coefficient (Wildman–Crippen LogP) is 3.76. The van der Waals surface area contributed by atoms with Crippen molar-refractivity contribution in [3.05, 3.63) is 39.7 Å². The van der Waals surface area contributed by atoms with E-state index in [2.05, 4.69) is 43.4 Å². The van der Waals surface area contributed by atoms with Crippen LogP contribution in [0.5, 0.6) is 0 Å². The molecule has 1 saturated heterocycles. The summed E-state index contributed by atoms with van der Waals surface area (Å²) in [5.41, 5.74) is 3.81. The van der Waals surface area contributed by atoms with Gasteiger partial charge in [0, 0.05) is 22.9 Å². The van der Waals surface area contributed by atoms with E-state index in [-0.39, 0.29) is 0 Å². The van der Waals surface area contributed by atoms with Gasteiger partial charge in [-0.3, -0.25) is 0 Å². The zero-order valence-electron chi connectivity index (χ0n) is 11.6. The number of benzene rings is 1. The Morgan fingerprint density at radius 1 is 1.32 bits per heavy atom. The topological polar surface area (TPSA) is 24.9 Å². The van der Waals surface area contributed by atoms with Gasteiger partial charge in [0.1, 0.15) is 0 Å². The number of aromatic nitrogens is 1. The van der Waals surface area contributed by atoms with Crippen LogP contribution in [0.3, 0.4) is 0 Å². The molecule has 0 saturated carbocycles. The van der Waals surface area contributed by atoms with Gasteiger partial charge < -0.3 is 5.32 Å². The molecule has 1 fully saturated rings. The van der Waals surface area contributed by atoms with Crippen molar-refractivity contribution in [1.29, 1.82) is 0 Å². The molecule has 0 aliphatic carbocycles. The minimum atomic E-state index is 0.618. The SMILES string of the molecule is CCc1ccc(-c2nc(C3CCNC3)sc2C)cc1. The summed E-state index contributed by atoms with van der Waals surface area (Å²) in [6.45, 7) is 6.59. The molecule has 1 aromatic carbocycles. The number of aryl methyl sites for hydroxylation is 2. The lowest BCUT2D eigenvalue weighted by atomic mass is 10.1. The Labute approximate surface area is 118 Å². The van der Waals surface area contributed by atoms with Gasteiger partial charge >= 0.3 is 0 Å². The standard InChI is InChI=1S/C16H20N2S/c1-3-12-4-6-13(7-5-12)15-11(2)19-16(18-15)14-8-9-17-10-14/h4-7,14,17H,3,8-10H2,1-2H3. The van der Waals surface area contributed by atoms with E-state index in [0.29, 0.717) is 5.92 Å². The minimum Gasteiger partial charge on any atom is -0.316 e. The van der Waals surface area contributed by atoms with Crippen molar-refractivity contribution in [2.45, 2.75) is 32.6 Å². The molecule has 1 aliphatic rings. The zero-order valence-corrected chi connectivity index (χ0v) is 12.4. The van der Waals surface area contributed by atoms with Crippen LogP contribution in [0.4, 0.5) is 0 Å². The van der Waals surface area contributed by atoms with Crippen molar-refractivity contribution in [2.75, 3.05) is 13.1 Å². The highest BCUT2D eigenvalue weighted by Crippen LogP contribution is 2.33. The highest BCUT2D eigenvalue weighted by atomic mass is 32.1. The van der Waals surface area contributed by atoms with Crippen LogP contribution in [0.1, 0.15) is 34.7 Å². The zero-order chi connectivity index (χ0) is 13.2. The van der Waals surface area contributed by atoms with Crippen LogP contribution in [0.15, 0.2) is 24.3 Å². The van der Waals surface area contributed by atoms with E-state index >= 15 is 0 Å². The maximum Gasteiger partial charge on any atom is 0.0979 e. The average Bonchev–Trinajstić information content (AvgIpc) is 3.08. The summed E-state index contributed by atoms with van der Waals surface area (Å²) >= 11 is 1.87. The number of nitrogens with zero attached hydrogens (tertiary/aromatic N) is 1. The molecule has 3 heteroatoms. The first-order valence-corrected chi connectivity index (χ1v) is 7.87. The fourth-order valence-corrected chi connectivity index (χ4v) is 3.70. The third kappa shape index (κ3) is 2.58. The summed E-state index contributed by atoms with van der Waals surface area (Å²) < 4.78 is 0. The minimum absolute atomic E-state index is 0.618. The van der Waals surface area contributed by atoms with Crippen LogP contribution in [0, 0.1) is 6.92 Å². The monoisotopic (exact) mass is 272 g/mol. The molecule has 2 heterocycles. The van der Waals surface area contributed by atoms with Crippen LogP contribution < -0.4 is 5.32 Å². The van der Waals surface area contributed by atoms with Crippen molar-refractivity contribution in [3.63, 3.8) is 0 Å². The lowest BCUT2D eigenvalue weighted by Crippen LogP contribution is -2.07. The maximum absolute atomic E-state index is 4.90. The number of thiazole rings is 1. The Balaban J connectivity index is 1.90. The van der Waals surface area contributed by atoms with Crippen LogP contribution in [-0.2, 0) is 6.42 Å². The number of nitrogens with one attached hydrogen (secondary N) is 1. The fourth-order valence-electron chi connectivity index (χ4n) is 2.62. The van der Waals surface area contributed by atoms with E-state index in [1.54, 1.807) is 0 Å². The second-order valence-electron chi connectivity index (χ2n) is 5.20. The van der Waals surface area contributed by atoms with Gasteiger partial charge in [0.2, 0.25) is 0 Å². The third-order valence-corrected chi connectivity index (χ3v) is 4.99. The summed E-state index contributed by atoms with van der Waals surface area (Å²) in [5, 5.41) is 4.72. The highest BCUT2D eigenvalue weighted by molar-refractivity contribution is 7.12. The third-order valence-electron chi connectivity index (χ3n) is 3.86. The van der Waals surface area contributed by atoms with E-state index < -0.39 is 0 Å². The lowest BCUT2D eigenvalue weighted by Gasteiger charge is -2.03. The number of rotatable bonds is 3. The molecule has 0 amide bonds. The second kappa shape index (κ2) is 5.43. The summed E-state index contributed by atoms with van der Waals surface area (Å²) in [6.07, 6.45) is 2.32. The predicted molar refractivity (Wildman–Crippen MR) is 81.9 cm³/mol. The summed E-state index contributed by atoms with van der Waals surface area (Å²) in [4.78, 5) is 6.24. The molecule has 1 aromatic heterocycles. The first-order valence-electron chi connectivity index (χ1n) is 7.05. The smallest absolute Gasteiger partial charge is 0.0979 e. The van der Waals surface area contributed by atoms with Crippen molar-refractivity contribution < 1.29 is 0 Å². The van der Waals surface area contributed by atoms with E-state index in [9.17, 15) is 0 Å². The van der Waals surface area contributed by atoms with Gasteiger partial charge in [-0.25, -0.2) is 4.98 Å². The van der Waals surface area contributed by atoms with Gasteiger partial charge in [-0.2, -0.15) is 0 Å². The van der Waals surface area contributed by atoms with Crippen LogP contribution in [-0.4, -0.2) is 18.1 Å². The van der Waals surface area contributed by atoms with E-state index in [1.165, 1.54) is 33.1 Å². The molecule has 0 spiro atoms. The molecule has 1 aliphatic heterocycles. The van der Waals surface area contributed by atoms with E-state index in [0.717, 1.165) is 19.5 Å². The molecule has 1 N–H and O–H groups in total. The van der Waals surface area contributed by atoms with Gasteiger partial charge in [0.05, 0.1) is 10.7 Å². The molecule has 2 nitrogen and oxygen atoms in total. The van der Waals surface area contributed by atoms with Crippen LogP contribution >= 0.6 is 11.3 Å². The molecule has 3 rings (SSSR count). The van der Waals surface area contributed by atoms with E-state index in [1.807, 2.05) is 11.3 Å². The quantitative estimate of drug-likeness (QED) is 0.920. The normalized spacial score (nSPS) is 18.9. The van der Waals surface area contributed by atoms with Gasteiger partial charge in [0.15, 0.2) is 0 Å². The first-order chi connectivity index (χ1) is 9.28. The van der Waals surface area contributed by atoms with Gasteiger partial charge in [-0.1, -0.05) is 31.2 Å². The van der Waals surface area contributed by atoms with E-state index in [4.69, 9.17) is 4.98 Å². The fraction of sp³-hybridized carbons (Fsp3) is 0.438. The Morgan fingerprint density at radius 2 is 2.11 bits per heavy atom. The van der Waals surface area contributed by atoms with Crippen molar-refractivity contribution >= 4 is 11.3 Å². The van der Waals surface area contributed by atoms with Crippen LogP contribution in [0.2, 0.25) is 0 Å². The molecule has 100 valence electrons. The molecule has 2 aromatic rings. The summed E-state index contributed by atoms with van der Waals surface area (Å²) in [7, 11) is 0. The second-order valence-corrected chi connectivity index (χ2v) is 6.43. The first kappa shape index (κ1) is 12.8. The van der Waals surface area contributed by atoms with Crippen molar-refractivity contribution in [2.24, 2.45) is 0 Å². The molecule has 0 radical (unpaired) electrons. The molecule has 1 unspecified atom stereocenters. The van der Waals surface area contributed by atoms with Crippen molar-refractivity contribution in [1.82, 2.24) is 10.3 Å². The molecule has 1 atom stereocenters. The lowest BCUT2D eigenvalue weighted by molar-refractivity contribution is 0.756. The number of hydrogen-bond donors (Lipinski definition) is 1. The van der Waals surface area contributed by atoms with Crippen LogP contribution in [0.25, 0.3) is 11.3 Å². The van der Waals surface area contributed by atoms with Gasteiger partial charge in [-0.05, 0) is 31.9 Å². The number of hydrogen-bond acceptors (Lipinski definition) is 3. The summed E-state index contributed by atoms with van der Waals surface area (Å²) in [5.74, 6) is 0.618. The Kier molecular flexibility index (Phi) is 3.67. The molecule has 19 heavy (non-hydrogen) atoms.